The molecule has 23 heavy (non-hydrogen) atoms. The number of hydrogen-bond donors (Lipinski definition) is 1. The van der Waals surface area contributed by atoms with Gasteiger partial charge in [-0.15, -0.1) is 0 Å². The maximum absolute atomic E-state index is 12.5. The number of amides is 1. The van der Waals surface area contributed by atoms with Crippen molar-refractivity contribution in [2.24, 2.45) is 0 Å². The van der Waals surface area contributed by atoms with Crippen LogP contribution in [0.3, 0.4) is 0 Å². The van der Waals surface area contributed by atoms with Gasteiger partial charge in [-0.3, -0.25) is 4.79 Å². The lowest BCUT2D eigenvalue weighted by atomic mass is 10.2. The number of alkyl halides is 3. The summed E-state index contributed by atoms with van der Waals surface area (Å²) in [5, 5.41) is 2.78. The lowest BCUT2D eigenvalue weighted by molar-refractivity contribution is -0.137. The van der Waals surface area contributed by atoms with Gasteiger partial charge in [0.15, 0.2) is 0 Å². The first kappa shape index (κ1) is 17.6. The number of benzene rings is 1. The zero-order chi connectivity index (χ0) is 16.9. The third-order valence-electron chi connectivity index (χ3n) is 2.81. The van der Waals surface area contributed by atoms with Gasteiger partial charge < -0.3 is 5.32 Å². The van der Waals surface area contributed by atoms with E-state index in [9.17, 15) is 18.0 Å². The van der Waals surface area contributed by atoms with Crippen molar-refractivity contribution < 1.29 is 18.0 Å². The largest absolute Gasteiger partial charge is 0.417 e. The minimum absolute atomic E-state index is 0.0188. The highest BCUT2D eigenvalue weighted by molar-refractivity contribution is 8.00. The smallest absolute Gasteiger partial charge is 0.351 e. The average molecular weight is 361 g/mol. The topological polar surface area (TPSA) is 42.0 Å². The molecule has 0 aliphatic heterocycles. The van der Waals surface area contributed by atoms with Gasteiger partial charge in [0.2, 0.25) is 5.91 Å². The number of hydrogen-bond acceptors (Lipinski definition) is 3. The zero-order valence-electron chi connectivity index (χ0n) is 11.7. The molecule has 122 valence electrons. The Morgan fingerprint density at radius 2 is 1.96 bits per heavy atom. The molecule has 0 aliphatic carbocycles. The normalized spacial score (nSPS) is 11.3. The number of aromatic nitrogens is 1. The van der Waals surface area contributed by atoms with E-state index >= 15 is 0 Å². The van der Waals surface area contributed by atoms with E-state index in [1.165, 1.54) is 0 Å². The number of carbonyl (C=O) groups excluding carboxylic acids is 1. The molecule has 2 rings (SSSR count). The van der Waals surface area contributed by atoms with Gasteiger partial charge in [-0.2, -0.15) is 13.2 Å². The van der Waals surface area contributed by atoms with E-state index < -0.39 is 11.7 Å². The van der Waals surface area contributed by atoms with Crippen molar-refractivity contribution in [1.29, 1.82) is 0 Å². The summed E-state index contributed by atoms with van der Waals surface area (Å²) in [6.07, 6.45) is -3.79. The molecule has 1 heterocycles. The fraction of sp³-hybridized carbons (Fsp3) is 0.200. The molecule has 0 saturated carbocycles. The third kappa shape index (κ3) is 5.44. The van der Waals surface area contributed by atoms with Gasteiger partial charge in [-0.05, 0) is 11.6 Å². The summed E-state index contributed by atoms with van der Waals surface area (Å²) >= 11 is 6.76. The minimum atomic E-state index is -4.49. The quantitative estimate of drug-likeness (QED) is 0.814. The second-order valence-electron chi connectivity index (χ2n) is 4.56. The number of rotatable bonds is 5. The van der Waals surface area contributed by atoms with E-state index in [1.807, 2.05) is 30.3 Å². The van der Waals surface area contributed by atoms with Crippen molar-refractivity contribution >= 4 is 29.3 Å². The van der Waals surface area contributed by atoms with E-state index in [-0.39, 0.29) is 21.7 Å². The van der Waals surface area contributed by atoms with Crippen molar-refractivity contribution in [1.82, 2.24) is 10.3 Å². The minimum Gasteiger partial charge on any atom is -0.351 e. The highest BCUT2D eigenvalue weighted by atomic mass is 35.5. The van der Waals surface area contributed by atoms with E-state index in [2.05, 4.69) is 10.3 Å². The second kappa shape index (κ2) is 7.70. The van der Waals surface area contributed by atoms with E-state index in [4.69, 9.17) is 11.6 Å². The Hall–Kier alpha value is -1.73. The van der Waals surface area contributed by atoms with Crippen LogP contribution in [-0.2, 0) is 17.5 Å². The van der Waals surface area contributed by atoms with Crippen molar-refractivity contribution in [3.8, 4) is 0 Å². The molecule has 0 radical (unpaired) electrons. The number of carbonyl (C=O) groups is 1. The summed E-state index contributed by atoms with van der Waals surface area (Å²) < 4.78 is 37.5. The molecule has 0 fully saturated rings. The molecule has 8 heteroatoms. The summed E-state index contributed by atoms with van der Waals surface area (Å²) in [5.74, 6) is -0.234. The Balaban J connectivity index is 1.87. The van der Waals surface area contributed by atoms with Crippen molar-refractivity contribution in [2.75, 3.05) is 5.75 Å². The van der Waals surface area contributed by atoms with Crippen LogP contribution in [0.2, 0.25) is 5.02 Å². The highest BCUT2D eigenvalue weighted by Gasteiger charge is 2.31. The van der Waals surface area contributed by atoms with Crippen LogP contribution in [0.1, 0.15) is 11.1 Å². The Labute approximate surface area is 140 Å². The Morgan fingerprint density at radius 3 is 2.57 bits per heavy atom. The SMILES string of the molecule is O=C(CSc1ncc(C(F)(F)F)cc1Cl)NCc1ccccc1. The van der Waals surface area contributed by atoms with E-state index in [1.54, 1.807) is 0 Å². The van der Waals surface area contributed by atoms with Crippen molar-refractivity contribution in [2.45, 2.75) is 17.7 Å². The summed E-state index contributed by atoms with van der Waals surface area (Å²) in [6.45, 7) is 0.383. The molecule has 0 bridgehead atoms. The first-order valence-corrected chi connectivity index (χ1v) is 7.89. The molecule has 1 N–H and O–H groups in total. The molecule has 3 nitrogen and oxygen atoms in total. The van der Waals surface area contributed by atoms with Crippen molar-refractivity contribution in [3.05, 3.63) is 58.7 Å². The van der Waals surface area contributed by atoms with Crippen LogP contribution in [0.4, 0.5) is 13.2 Å². The molecule has 0 spiro atoms. The summed E-state index contributed by atoms with van der Waals surface area (Å²) in [7, 11) is 0. The molecular weight excluding hydrogens is 349 g/mol. The van der Waals surface area contributed by atoms with Gasteiger partial charge in [0.25, 0.3) is 0 Å². The van der Waals surface area contributed by atoms with Crippen LogP contribution in [0.15, 0.2) is 47.6 Å². The molecule has 1 aromatic heterocycles. The number of thioether (sulfide) groups is 1. The fourth-order valence-corrected chi connectivity index (χ4v) is 2.69. The molecule has 0 saturated heterocycles. The second-order valence-corrected chi connectivity index (χ2v) is 5.93. The molecular formula is C15H12ClF3N2OS. The van der Waals surface area contributed by atoms with Crippen LogP contribution in [0, 0.1) is 0 Å². The van der Waals surface area contributed by atoms with Crippen molar-refractivity contribution in [3.63, 3.8) is 0 Å². The molecule has 1 aromatic carbocycles. The third-order valence-corrected chi connectivity index (χ3v) is 4.21. The molecule has 2 aromatic rings. The molecule has 0 unspecified atom stereocenters. The van der Waals surface area contributed by atoms with Crippen LogP contribution in [0.5, 0.6) is 0 Å². The lowest BCUT2D eigenvalue weighted by Crippen LogP contribution is -2.24. The first-order valence-electron chi connectivity index (χ1n) is 6.52. The maximum Gasteiger partial charge on any atom is 0.417 e. The van der Waals surface area contributed by atoms with E-state index in [0.29, 0.717) is 12.7 Å². The van der Waals surface area contributed by atoms with Gasteiger partial charge in [-0.25, -0.2) is 4.98 Å². The average Bonchev–Trinajstić information content (AvgIpc) is 2.51. The monoisotopic (exact) mass is 360 g/mol. The Kier molecular flexibility index (Phi) is 5.90. The summed E-state index contributed by atoms with van der Waals surface area (Å²) in [5.41, 5.74) is 0.0388. The van der Waals surface area contributed by atoms with Gasteiger partial charge in [-0.1, -0.05) is 53.7 Å². The predicted molar refractivity (Wildman–Crippen MR) is 83.3 cm³/mol. The summed E-state index contributed by atoms with van der Waals surface area (Å²) in [6, 6.07) is 10.2. The Morgan fingerprint density at radius 1 is 1.26 bits per heavy atom. The number of halogens is 4. The Bertz CT molecular complexity index is 680. The predicted octanol–water partition coefficient (Wildman–Crippen LogP) is 4.16. The number of nitrogens with one attached hydrogen (secondary N) is 1. The summed E-state index contributed by atoms with van der Waals surface area (Å²) in [4.78, 5) is 15.4. The van der Waals surface area contributed by atoms with Crippen LogP contribution < -0.4 is 5.32 Å². The van der Waals surface area contributed by atoms with Crippen LogP contribution in [-0.4, -0.2) is 16.6 Å². The molecule has 0 atom stereocenters. The molecule has 0 aliphatic rings. The fourth-order valence-electron chi connectivity index (χ4n) is 1.67. The lowest BCUT2D eigenvalue weighted by Gasteiger charge is -2.09. The zero-order valence-corrected chi connectivity index (χ0v) is 13.3. The van der Waals surface area contributed by atoms with Gasteiger partial charge in [0, 0.05) is 12.7 Å². The first-order chi connectivity index (χ1) is 10.9. The maximum atomic E-state index is 12.5. The van der Waals surface area contributed by atoms with Crippen LogP contribution in [0.25, 0.3) is 0 Å². The standard InChI is InChI=1S/C15H12ClF3N2OS/c16-12-6-11(15(17,18)19)8-21-14(12)23-9-13(22)20-7-10-4-2-1-3-5-10/h1-6,8H,7,9H2,(H,20,22). The van der Waals surface area contributed by atoms with E-state index in [0.717, 1.165) is 23.4 Å². The highest BCUT2D eigenvalue weighted by Crippen LogP contribution is 2.33. The van der Waals surface area contributed by atoms with Gasteiger partial charge in [0.05, 0.1) is 16.3 Å². The molecule has 1 amide bonds. The number of nitrogens with zero attached hydrogens (tertiary/aromatic N) is 1. The van der Waals surface area contributed by atoms with Crippen LogP contribution >= 0.6 is 23.4 Å². The number of pyridine rings is 1. The van der Waals surface area contributed by atoms with Gasteiger partial charge >= 0.3 is 6.18 Å². The van der Waals surface area contributed by atoms with Gasteiger partial charge in [0.1, 0.15) is 5.03 Å².